The zero-order valence-electron chi connectivity index (χ0n) is 8.97. The number of hydrogen-bond acceptors (Lipinski definition) is 2. The Morgan fingerprint density at radius 3 is 2.33 bits per heavy atom. The molecule has 2 N–H and O–H groups in total. The first-order chi connectivity index (χ1) is 7.02. The lowest BCUT2D eigenvalue weighted by atomic mass is 9.81. The van der Waals surface area contributed by atoms with E-state index in [1.54, 1.807) is 13.8 Å². The summed E-state index contributed by atoms with van der Waals surface area (Å²) in [5.41, 5.74) is -0.842. The molecule has 1 aromatic rings. The molecule has 0 radical (unpaired) electrons. The average Bonchev–Trinajstić information content (AvgIpc) is 2.28. The summed E-state index contributed by atoms with van der Waals surface area (Å²) in [5.74, 6) is -1.58. The summed E-state index contributed by atoms with van der Waals surface area (Å²) in [6.07, 6.45) is 0.193. The van der Waals surface area contributed by atoms with Crippen molar-refractivity contribution >= 4 is 5.97 Å². The molecule has 0 aliphatic carbocycles. The van der Waals surface area contributed by atoms with Gasteiger partial charge in [-0.15, -0.1) is 0 Å². The topological polar surface area (TPSA) is 57.5 Å². The Kier molecular flexibility index (Phi) is 3.48. The summed E-state index contributed by atoms with van der Waals surface area (Å²) in [6, 6.07) is 9.19. The summed E-state index contributed by atoms with van der Waals surface area (Å²) in [5, 5.41) is 19.0. The van der Waals surface area contributed by atoms with Crippen LogP contribution >= 0.6 is 0 Å². The number of hydrogen-bond donors (Lipinski definition) is 2. The van der Waals surface area contributed by atoms with Gasteiger partial charge in [-0.25, -0.2) is 4.79 Å². The fourth-order valence-corrected chi connectivity index (χ4v) is 1.66. The molecule has 0 saturated heterocycles. The molecule has 0 fully saturated rings. The fourth-order valence-electron chi connectivity index (χ4n) is 1.66. The van der Waals surface area contributed by atoms with Crippen LogP contribution in [0, 0.1) is 0 Å². The molecule has 0 aromatic heterocycles. The SMILES string of the molecule is CCC(O)(C(=O)O)C(C)c1ccccc1. The third-order valence-corrected chi connectivity index (χ3v) is 2.93. The maximum Gasteiger partial charge on any atom is 0.336 e. The smallest absolute Gasteiger partial charge is 0.336 e. The van der Waals surface area contributed by atoms with Gasteiger partial charge in [0.05, 0.1) is 0 Å². The fraction of sp³-hybridized carbons (Fsp3) is 0.417. The van der Waals surface area contributed by atoms with E-state index in [1.165, 1.54) is 0 Å². The minimum absolute atomic E-state index is 0.193. The molecule has 0 heterocycles. The highest BCUT2D eigenvalue weighted by molar-refractivity contribution is 5.78. The standard InChI is InChI=1S/C12H16O3/c1-3-12(15,11(13)14)9(2)10-7-5-4-6-8-10/h4-9,15H,3H2,1-2H3,(H,13,14). The Labute approximate surface area is 89.4 Å². The van der Waals surface area contributed by atoms with Gasteiger partial charge >= 0.3 is 5.97 Å². The first-order valence-electron chi connectivity index (χ1n) is 5.03. The van der Waals surface area contributed by atoms with Crippen LogP contribution in [-0.4, -0.2) is 21.8 Å². The van der Waals surface area contributed by atoms with Gasteiger partial charge in [0, 0.05) is 5.92 Å². The molecule has 2 unspecified atom stereocenters. The molecule has 1 aromatic carbocycles. The van der Waals surface area contributed by atoms with Gasteiger partial charge in [0.1, 0.15) is 0 Å². The van der Waals surface area contributed by atoms with Crippen LogP contribution in [0.4, 0.5) is 0 Å². The summed E-state index contributed by atoms with van der Waals surface area (Å²) in [7, 11) is 0. The average molecular weight is 208 g/mol. The second-order valence-corrected chi connectivity index (χ2v) is 3.72. The largest absolute Gasteiger partial charge is 0.479 e. The lowest BCUT2D eigenvalue weighted by molar-refractivity contribution is -0.161. The first-order valence-corrected chi connectivity index (χ1v) is 5.03. The third-order valence-electron chi connectivity index (χ3n) is 2.93. The highest BCUT2D eigenvalue weighted by Crippen LogP contribution is 2.30. The van der Waals surface area contributed by atoms with E-state index >= 15 is 0 Å². The van der Waals surface area contributed by atoms with E-state index < -0.39 is 17.5 Å². The Balaban J connectivity index is 3.02. The Morgan fingerprint density at radius 1 is 1.40 bits per heavy atom. The van der Waals surface area contributed by atoms with Crippen molar-refractivity contribution in [2.75, 3.05) is 0 Å². The van der Waals surface area contributed by atoms with Gasteiger partial charge in [0.15, 0.2) is 5.60 Å². The minimum atomic E-state index is -1.68. The van der Waals surface area contributed by atoms with Crippen LogP contribution in [0.5, 0.6) is 0 Å². The molecule has 82 valence electrons. The van der Waals surface area contributed by atoms with E-state index in [4.69, 9.17) is 5.11 Å². The van der Waals surface area contributed by atoms with Crippen molar-refractivity contribution in [2.45, 2.75) is 31.8 Å². The Morgan fingerprint density at radius 2 is 1.93 bits per heavy atom. The predicted molar refractivity (Wildman–Crippen MR) is 57.7 cm³/mol. The van der Waals surface area contributed by atoms with Gasteiger partial charge in [0.25, 0.3) is 0 Å². The zero-order valence-corrected chi connectivity index (χ0v) is 8.97. The summed E-state index contributed by atoms with van der Waals surface area (Å²) < 4.78 is 0. The van der Waals surface area contributed by atoms with Crippen LogP contribution in [-0.2, 0) is 4.79 Å². The summed E-state index contributed by atoms with van der Waals surface area (Å²) in [6.45, 7) is 3.40. The van der Waals surface area contributed by atoms with Crippen molar-refractivity contribution in [3.8, 4) is 0 Å². The van der Waals surface area contributed by atoms with Crippen molar-refractivity contribution < 1.29 is 15.0 Å². The van der Waals surface area contributed by atoms with Gasteiger partial charge in [-0.3, -0.25) is 0 Å². The van der Waals surface area contributed by atoms with E-state index in [-0.39, 0.29) is 6.42 Å². The van der Waals surface area contributed by atoms with Crippen LogP contribution in [0.15, 0.2) is 30.3 Å². The van der Waals surface area contributed by atoms with Gasteiger partial charge < -0.3 is 10.2 Å². The minimum Gasteiger partial charge on any atom is -0.479 e. The monoisotopic (exact) mass is 208 g/mol. The molecule has 0 bridgehead atoms. The number of carboxylic acids is 1. The quantitative estimate of drug-likeness (QED) is 0.795. The number of carbonyl (C=O) groups is 1. The van der Waals surface area contributed by atoms with Crippen molar-refractivity contribution in [1.82, 2.24) is 0 Å². The second kappa shape index (κ2) is 4.45. The molecule has 0 aliphatic heterocycles. The Hall–Kier alpha value is -1.35. The Bertz CT molecular complexity index is 334. The van der Waals surface area contributed by atoms with Gasteiger partial charge in [-0.05, 0) is 12.0 Å². The van der Waals surface area contributed by atoms with E-state index in [1.807, 2.05) is 30.3 Å². The maximum atomic E-state index is 11.0. The van der Waals surface area contributed by atoms with Crippen molar-refractivity contribution in [3.63, 3.8) is 0 Å². The molecule has 1 rings (SSSR count). The lowest BCUT2D eigenvalue weighted by Gasteiger charge is -2.29. The van der Waals surface area contributed by atoms with Gasteiger partial charge in [-0.1, -0.05) is 44.2 Å². The number of aliphatic hydroxyl groups is 1. The lowest BCUT2D eigenvalue weighted by Crippen LogP contribution is -2.42. The molecule has 0 spiro atoms. The number of carboxylic acid groups (broad SMARTS) is 1. The molecular weight excluding hydrogens is 192 g/mol. The normalized spacial score (nSPS) is 16.7. The zero-order chi connectivity index (χ0) is 11.5. The maximum absolute atomic E-state index is 11.0. The molecule has 0 saturated carbocycles. The highest BCUT2D eigenvalue weighted by atomic mass is 16.4. The molecule has 15 heavy (non-hydrogen) atoms. The van der Waals surface area contributed by atoms with Crippen molar-refractivity contribution in [3.05, 3.63) is 35.9 Å². The van der Waals surface area contributed by atoms with E-state index in [0.29, 0.717) is 0 Å². The van der Waals surface area contributed by atoms with Gasteiger partial charge in [0.2, 0.25) is 0 Å². The number of aliphatic carboxylic acids is 1. The molecular formula is C12H16O3. The predicted octanol–water partition coefficient (Wildman–Crippen LogP) is 2.02. The van der Waals surface area contributed by atoms with E-state index in [0.717, 1.165) is 5.56 Å². The first kappa shape index (κ1) is 11.7. The summed E-state index contributed by atoms with van der Waals surface area (Å²) >= 11 is 0. The van der Waals surface area contributed by atoms with E-state index in [2.05, 4.69) is 0 Å². The molecule has 3 heteroatoms. The van der Waals surface area contributed by atoms with E-state index in [9.17, 15) is 9.90 Å². The van der Waals surface area contributed by atoms with Crippen LogP contribution < -0.4 is 0 Å². The number of rotatable bonds is 4. The highest BCUT2D eigenvalue weighted by Gasteiger charge is 2.40. The second-order valence-electron chi connectivity index (χ2n) is 3.72. The van der Waals surface area contributed by atoms with Crippen LogP contribution in [0.1, 0.15) is 31.7 Å². The summed E-state index contributed by atoms with van der Waals surface area (Å²) in [4.78, 5) is 11.0. The molecule has 0 aliphatic rings. The molecule has 0 amide bonds. The van der Waals surface area contributed by atoms with Gasteiger partial charge in [-0.2, -0.15) is 0 Å². The van der Waals surface area contributed by atoms with Crippen LogP contribution in [0.2, 0.25) is 0 Å². The van der Waals surface area contributed by atoms with Crippen molar-refractivity contribution in [1.29, 1.82) is 0 Å². The van der Waals surface area contributed by atoms with Crippen LogP contribution in [0.3, 0.4) is 0 Å². The van der Waals surface area contributed by atoms with Crippen molar-refractivity contribution in [2.24, 2.45) is 0 Å². The number of benzene rings is 1. The third kappa shape index (κ3) is 2.18. The molecule has 3 nitrogen and oxygen atoms in total. The van der Waals surface area contributed by atoms with Crippen LogP contribution in [0.25, 0.3) is 0 Å². The molecule has 2 atom stereocenters.